The van der Waals surface area contributed by atoms with Gasteiger partial charge in [-0.2, -0.15) is 9.40 Å². The minimum atomic E-state index is -3.47. The number of unbranched alkanes of at least 4 members (excludes halogenated alkanes) is 2. The standard InChI is InChI=1S/C13H24ClN3O2S/c1-4-5-6-8-17(12(2)3)20(18,19)13-10-15-16(11-13)9-7-14/h10-12H,4-9H2,1-3H3. The molecule has 0 spiro atoms. The molecule has 0 amide bonds. The van der Waals surface area contributed by atoms with E-state index in [0.717, 1.165) is 19.3 Å². The van der Waals surface area contributed by atoms with E-state index in [1.807, 2.05) is 13.8 Å². The minimum Gasteiger partial charge on any atom is -0.270 e. The van der Waals surface area contributed by atoms with Gasteiger partial charge in [0, 0.05) is 24.7 Å². The van der Waals surface area contributed by atoms with Crippen LogP contribution < -0.4 is 0 Å². The molecule has 5 nitrogen and oxygen atoms in total. The molecule has 0 saturated carbocycles. The molecule has 0 atom stereocenters. The smallest absolute Gasteiger partial charge is 0.246 e. The van der Waals surface area contributed by atoms with Gasteiger partial charge in [-0.15, -0.1) is 11.6 Å². The number of hydrogen-bond donors (Lipinski definition) is 0. The normalized spacial score (nSPS) is 12.5. The minimum absolute atomic E-state index is 0.0618. The van der Waals surface area contributed by atoms with Crippen molar-refractivity contribution in [2.75, 3.05) is 12.4 Å². The van der Waals surface area contributed by atoms with E-state index in [2.05, 4.69) is 12.0 Å². The second-order valence-corrected chi connectivity index (χ2v) is 7.31. The van der Waals surface area contributed by atoms with Crippen molar-refractivity contribution >= 4 is 21.6 Å². The van der Waals surface area contributed by atoms with Crippen LogP contribution in [0.3, 0.4) is 0 Å². The maximum absolute atomic E-state index is 12.6. The molecule has 0 saturated heterocycles. The zero-order valence-electron chi connectivity index (χ0n) is 12.4. The summed E-state index contributed by atoms with van der Waals surface area (Å²) < 4.78 is 28.4. The van der Waals surface area contributed by atoms with Crippen molar-refractivity contribution in [2.45, 2.75) is 57.5 Å². The number of halogens is 1. The van der Waals surface area contributed by atoms with Crippen LogP contribution in [0, 0.1) is 0 Å². The third-order valence-electron chi connectivity index (χ3n) is 3.09. The Bertz CT molecular complexity index is 499. The third kappa shape index (κ3) is 4.46. The second kappa shape index (κ2) is 8.00. The number of hydrogen-bond acceptors (Lipinski definition) is 3. The van der Waals surface area contributed by atoms with E-state index in [-0.39, 0.29) is 10.9 Å². The van der Waals surface area contributed by atoms with Crippen LogP contribution >= 0.6 is 11.6 Å². The van der Waals surface area contributed by atoms with E-state index >= 15 is 0 Å². The zero-order valence-corrected chi connectivity index (χ0v) is 14.0. The molecule has 1 aromatic heterocycles. The number of aromatic nitrogens is 2. The lowest BCUT2D eigenvalue weighted by atomic mass is 10.2. The first-order chi connectivity index (χ1) is 9.43. The van der Waals surface area contributed by atoms with Crippen molar-refractivity contribution < 1.29 is 8.42 Å². The number of alkyl halides is 1. The van der Waals surface area contributed by atoms with Gasteiger partial charge in [0.15, 0.2) is 0 Å². The van der Waals surface area contributed by atoms with Crippen LogP contribution in [-0.4, -0.2) is 41.0 Å². The van der Waals surface area contributed by atoms with Crippen LogP contribution in [0.5, 0.6) is 0 Å². The van der Waals surface area contributed by atoms with E-state index in [4.69, 9.17) is 11.6 Å². The summed E-state index contributed by atoms with van der Waals surface area (Å²) in [5.74, 6) is 0.408. The van der Waals surface area contributed by atoms with Gasteiger partial charge in [0.1, 0.15) is 4.90 Å². The first-order valence-electron chi connectivity index (χ1n) is 7.03. The first kappa shape index (κ1) is 17.5. The van der Waals surface area contributed by atoms with Crippen molar-refractivity contribution in [2.24, 2.45) is 0 Å². The summed E-state index contributed by atoms with van der Waals surface area (Å²) in [6.45, 7) is 6.95. The van der Waals surface area contributed by atoms with E-state index in [9.17, 15) is 8.42 Å². The Hall–Kier alpha value is -0.590. The average molecular weight is 322 g/mol. The van der Waals surface area contributed by atoms with Gasteiger partial charge in [-0.25, -0.2) is 8.42 Å². The van der Waals surface area contributed by atoms with E-state index in [1.165, 1.54) is 6.20 Å². The largest absolute Gasteiger partial charge is 0.270 e. The highest BCUT2D eigenvalue weighted by molar-refractivity contribution is 7.89. The molecule has 0 aliphatic heterocycles. The molecule has 0 fully saturated rings. The van der Waals surface area contributed by atoms with Gasteiger partial charge in [-0.05, 0) is 20.3 Å². The predicted octanol–water partition coefficient (Wildman–Crippen LogP) is 2.71. The van der Waals surface area contributed by atoms with Crippen LogP contribution in [0.1, 0.15) is 40.0 Å². The summed E-state index contributed by atoms with van der Waals surface area (Å²) in [7, 11) is -3.47. The van der Waals surface area contributed by atoms with Crippen molar-refractivity contribution in [3.05, 3.63) is 12.4 Å². The number of rotatable bonds is 9. The summed E-state index contributed by atoms with van der Waals surface area (Å²) >= 11 is 5.64. The van der Waals surface area contributed by atoms with Crippen LogP contribution in [0.2, 0.25) is 0 Å². The van der Waals surface area contributed by atoms with Gasteiger partial charge in [-0.1, -0.05) is 19.8 Å². The molecule has 1 aromatic rings. The van der Waals surface area contributed by atoms with Crippen LogP contribution in [0.4, 0.5) is 0 Å². The van der Waals surface area contributed by atoms with Crippen LogP contribution in [-0.2, 0) is 16.6 Å². The molecule has 116 valence electrons. The number of sulfonamides is 1. The summed E-state index contributed by atoms with van der Waals surface area (Å²) in [6, 6.07) is -0.0618. The second-order valence-electron chi connectivity index (χ2n) is 5.04. The fourth-order valence-corrected chi connectivity index (χ4v) is 3.80. The molecule has 0 aromatic carbocycles. The topological polar surface area (TPSA) is 55.2 Å². The van der Waals surface area contributed by atoms with Gasteiger partial charge in [0.05, 0.1) is 12.7 Å². The summed E-state index contributed by atoms with van der Waals surface area (Å²) in [5, 5.41) is 4.04. The first-order valence-corrected chi connectivity index (χ1v) is 9.01. The lowest BCUT2D eigenvalue weighted by Gasteiger charge is -2.25. The Labute approximate surface area is 127 Å². The predicted molar refractivity (Wildman–Crippen MR) is 81.5 cm³/mol. The molecular formula is C13H24ClN3O2S. The maximum atomic E-state index is 12.6. The Balaban J connectivity index is 2.90. The van der Waals surface area contributed by atoms with Crippen molar-refractivity contribution in [1.82, 2.24) is 14.1 Å². The lowest BCUT2D eigenvalue weighted by molar-refractivity contribution is 0.345. The SMILES string of the molecule is CCCCCN(C(C)C)S(=O)(=O)c1cnn(CCCl)c1. The van der Waals surface area contributed by atoms with Gasteiger partial charge < -0.3 is 0 Å². The summed E-state index contributed by atoms with van der Waals surface area (Å²) in [4.78, 5) is 0.243. The Morgan fingerprint density at radius 3 is 2.65 bits per heavy atom. The highest BCUT2D eigenvalue weighted by Crippen LogP contribution is 2.18. The van der Waals surface area contributed by atoms with Gasteiger partial charge >= 0.3 is 0 Å². The van der Waals surface area contributed by atoms with Crippen molar-refractivity contribution in [3.8, 4) is 0 Å². The molecule has 0 radical (unpaired) electrons. The highest BCUT2D eigenvalue weighted by Gasteiger charge is 2.27. The van der Waals surface area contributed by atoms with Gasteiger partial charge in [0.25, 0.3) is 0 Å². The number of nitrogens with zero attached hydrogens (tertiary/aromatic N) is 3. The van der Waals surface area contributed by atoms with Crippen LogP contribution in [0.15, 0.2) is 17.3 Å². The maximum Gasteiger partial charge on any atom is 0.246 e. The average Bonchev–Trinajstić information content (AvgIpc) is 2.83. The fraction of sp³-hybridized carbons (Fsp3) is 0.769. The van der Waals surface area contributed by atoms with Crippen LogP contribution in [0.25, 0.3) is 0 Å². The molecule has 1 rings (SSSR count). The molecular weight excluding hydrogens is 298 g/mol. The Kier molecular flexibility index (Phi) is 6.99. The monoisotopic (exact) mass is 321 g/mol. The van der Waals surface area contributed by atoms with E-state index in [0.29, 0.717) is 19.0 Å². The van der Waals surface area contributed by atoms with Gasteiger partial charge in [-0.3, -0.25) is 4.68 Å². The van der Waals surface area contributed by atoms with Crippen molar-refractivity contribution in [1.29, 1.82) is 0 Å². The summed E-state index contributed by atoms with van der Waals surface area (Å²) in [5.41, 5.74) is 0. The number of aryl methyl sites for hydroxylation is 1. The molecule has 0 aliphatic carbocycles. The highest BCUT2D eigenvalue weighted by atomic mass is 35.5. The van der Waals surface area contributed by atoms with Gasteiger partial charge in [0.2, 0.25) is 10.0 Å². The van der Waals surface area contributed by atoms with Crippen molar-refractivity contribution in [3.63, 3.8) is 0 Å². The zero-order chi connectivity index (χ0) is 15.2. The molecule has 20 heavy (non-hydrogen) atoms. The lowest BCUT2D eigenvalue weighted by Crippen LogP contribution is -2.37. The molecule has 0 unspecified atom stereocenters. The fourth-order valence-electron chi connectivity index (χ4n) is 2.00. The molecule has 1 heterocycles. The quantitative estimate of drug-likeness (QED) is 0.519. The molecule has 7 heteroatoms. The molecule has 0 bridgehead atoms. The molecule has 0 aliphatic rings. The Morgan fingerprint density at radius 2 is 2.10 bits per heavy atom. The van der Waals surface area contributed by atoms with E-state index in [1.54, 1.807) is 15.2 Å². The Morgan fingerprint density at radius 1 is 1.40 bits per heavy atom. The molecule has 0 N–H and O–H groups in total. The van der Waals surface area contributed by atoms with E-state index < -0.39 is 10.0 Å². The third-order valence-corrected chi connectivity index (χ3v) is 5.29. The summed E-state index contributed by atoms with van der Waals surface area (Å²) in [6.07, 6.45) is 5.93.